The fourth-order valence-corrected chi connectivity index (χ4v) is 2.70. The van der Waals surface area contributed by atoms with Crippen LogP contribution in [-0.2, 0) is 4.74 Å². The first-order valence-electron chi connectivity index (χ1n) is 6.74. The number of hydrogen-bond acceptors (Lipinski definition) is 3. The molecule has 0 spiro atoms. The van der Waals surface area contributed by atoms with Crippen LogP contribution in [0.3, 0.4) is 0 Å². The Hall–Kier alpha value is -1.06. The molecule has 3 nitrogen and oxygen atoms in total. The topological polar surface area (TPSA) is 24.5 Å². The molecule has 1 aliphatic rings. The van der Waals surface area contributed by atoms with Crippen LogP contribution >= 0.6 is 0 Å². The van der Waals surface area contributed by atoms with Crippen molar-refractivity contribution in [2.75, 3.05) is 39.3 Å². The van der Waals surface area contributed by atoms with E-state index in [9.17, 15) is 0 Å². The van der Waals surface area contributed by atoms with Crippen LogP contribution in [-0.4, -0.2) is 34.4 Å². The van der Waals surface area contributed by atoms with Crippen molar-refractivity contribution >= 4 is 5.69 Å². The molecule has 18 heavy (non-hydrogen) atoms. The number of rotatable bonds is 4. The van der Waals surface area contributed by atoms with Crippen LogP contribution in [0.1, 0.15) is 24.4 Å². The normalized spacial score (nSPS) is 21.6. The number of hydrogen-bond donors (Lipinski definition) is 1. The summed E-state index contributed by atoms with van der Waals surface area (Å²) in [6.45, 7) is 1.79. The minimum Gasteiger partial charge on any atom is -0.381 e. The van der Waals surface area contributed by atoms with E-state index in [0.717, 1.165) is 13.2 Å². The molecule has 1 saturated heterocycles. The fraction of sp³-hybridized carbons (Fsp3) is 0.600. The second-order valence-corrected chi connectivity index (χ2v) is 5.23. The maximum Gasteiger partial charge on any atom is 0.0512 e. The van der Waals surface area contributed by atoms with Crippen molar-refractivity contribution in [3.05, 3.63) is 29.8 Å². The third kappa shape index (κ3) is 3.03. The molecule has 0 saturated carbocycles. The third-order valence-corrected chi connectivity index (χ3v) is 3.72. The molecule has 0 aromatic heterocycles. The summed E-state index contributed by atoms with van der Waals surface area (Å²) in [5.41, 5.74) is 2.61. The molecule has 2 unspecified atom stereocenters. The molecule has 2 atom stereocenters. The summed E-state index contributed by atoms with van der Waals surface area (Å²) in [6, 6.07) is 9.16. The van der Waals surface area contributed by atoms with E-state index >= 15 is 0 Å². The zero-order valence-corrected chi connectivity index (χ0v) is 11.6. The van der Waals surface area contributed by atoms with Gasteiger partial charge in [-0.2, -0.15) is 0 Å². The van der Waals surface area contributed by atoms with Crippen LogP contribution in [0.25, 0.3) is 0 Å². The Balaban J connectivity index is 2.18. The van der Waals surface area contributed by atoms with E-state index in [-0.39, 0.29) is 0 Å². The van der Waals surface area contributed by atoms with Crippen molar-refractivity contribution in [1.29, 1.82) is 0 Å². The lowest BCUT2D eigenvalue weighted by atomic mass is 9.88. The molecule has 0 radical (unpaired) electrons. The second kappa shape index (κ2) is 6.21. The predicted molar refractivity (Wildman–Crippen MR) is 76.1 cm³/mol. The molecule has 1 fully saturated rings. The summed E-state index contributed by atoms with van der Waals surface area (Å²) >= 11 is 0. The number of benzene rings is 1. The van der Waals surface area contributed by atoms with Crippen LogP contribution in [0.5, 0.6) is 0 Å². The van der Waals surface area contributed by atoms with Gasteiger partial charge in [-0.15, -0.1) is 0 Å². The molecule has 1 aromatic rings. The molecule has 100 valence electrons. The van der Waals surface area contributed by atoms with Crippen LogP contribution in [0.4, 0.5) is 5.69 Å². The van der Waals surface area contributed by atoms with Gasteiger partial charge in [-0.25, -0.2) is 0 Å². The number of nitrogens with one attached hydrogen (secondary N) is 1. The smallest absolute Gasteiger partial charge is 0.0512 e. The summed E-state index contributed by atoms with van der Waals surface area (Å²) < 4.78 is 5.61. The molecule has 0 bridgehead atoms. The molecular formula is C15H24N2O. The number of ether oxygens (including phenoxy) is 1. The molecule has 0 amide bonds. The SMILES string of the molecule is CNC(c1cccc(N(C)C)c1)C1CCCOC1. The molecule has 1 aliphatic heterocycles. The van der Waals surface area contributed by atoms with Crippen molar-refractivity contribution in [1.82, 2.24) is 5.32 Å². The van der Waals surface area contributed by atoms with Gasteiger partial charge in [-0.3, -0.25) is 0 Å². The van der Waals surface area contributed by atoms with E-state index in [1.54, 1.807) is 0 Å². The zero-order valence-electron chi connectivity index (χ0n) is 11.6. The second-order valence-electron chi connectivity index (χ2n) is 5.23. The Labute approximate surface area is 110 Å². The minimum absolute atomic E-state index is 0.394. The molecule has 3 heteroatoms. The van der Waals surface area contributed by atoms with Gasteiger partial charge in [-0.1, -0.05) is 12.1 Å². The summed E-state index contributed by atoms with van der Waals surface area (Å²) in [5, 5.41) is 3.46. The fourth-order valence-electron chi connectivity index (χ4n) is 2.70. The van der Waals surface area contributed by atoms with Crippen LogP contribution in [0.2, 0.25) is 0 Å². The van der Waals surface area contributed by atoms with Gasteiger partial charge in [0.25, 0.3) is 0 Å². The average molecular weight is 248 g/mol. The van der Waals surface area contributed by atoms with E-state index in [2.05, 4.69) is 48.6 Å². The van der Waals surface area contributed by atoms with Gasteiger partial charge < -0.3 is 15.0 Å². The first-order chi connectivity index (χ1) is 8.72. The Kier molecular flexibility index (Phi) is 4.61. The summed E-state index contributed by atoms with van der Waals surface area (Å²) in [6.07, 6.45) is 2.42. The van der Waals surface area contributed by atoms with E-state index in [1.807, 2.05) is 7.05 Å². The van der Waals surface area contributed by atoms with E-state index < -0.39 is 0 Å². The highest BCUT2D eigenvalue weighted by molar-refractivity contribution is 5.48. The Morgan fingerprint density at radius 2 is 2.22 bits per heavy atom. The molecular weight excluding hydrogens is 224 g/mol. The van der Waals surface area contributed by atoms with Crippen LogP contribution in [0, 0.1) is 5.92 Å². The van der Waals surface area contributed by atoms with Gasteiger partial charge in [0.1, 0.15) is 0 Å². The van der Waals surface area contributed by atoms with E-state index in [0.29, 0.717) is 12.0 Å². The lowest BCUT2D eigenvalue weighted by molar-refractivity contribution is 0.0402. The van der Waals surface area contributed by atoms with Crippen molar-refractivity contribution < 1.29 is 4.74 Å². The van der Waals surface area contributed by atoms with Gasteiger partial charge in [0.05, 0.1) is 6.61 Å². The zero-order chi connectivity index (χ0) is 13.0. The van der Waals surface area contributed by atoms with Crippen molar-refractivity contribution in [2.24, 2.45) is 5.92 Å². The molecule has 1 heterocycles. The Bertz CT molecular complexity index is 373. The number of nitrogens with zero attached hydrogens (tertiary/aromatic N) is 1. The summed E-state index contributed by atoms with van der Waals surface area (Å²) in [7, 11) is 6.20. The highest BCUT2D eigenvalue weighted by atomic mass is 16.5. The highest BCUT2D eigenvalue weighted by Crippen LogP contribution is 2.30. The van der Waals surface area contributed by atoms with Gasteiger partial charge in [0.15, 0.2) is 0 Å². The predicted octanol–water partition coefficient (Wildman–Crippen LogP) is 2.44. The molecule has 1 aromatic carbocycles. The Morgan fingerprint density at radius 3 is 2.83 bits per heavy atom. The van der Waals surface area contributed by atoms with Crippen molar-refractivity contribution in [3.63, 3.8) is 0 Å². The van der Waals surface area contributed by atoms with E-state index in [1.165, 1.54) is 24.1 Å². The van der Waals surface area contributed by atoms with Crippen LogP contribution in [0.15, 0.2) is 24.3 Å². The van der Waals surface area contributed by atoms with Gasteiger partial charge in [0.2, 0.25) is 0 Å². The average Bonchev–Trinajstić information content (AvgIpc) is 2.41. The molecule has 2 rings (SSSR count). The van der Waals surface area contributed by atoms with Crippen LogP contribution < -0.4 is 10.2 Å². The lowest BCUT2D eigenvalue weighted by Gasteiger charge is -2.31. The van der Waals surface area contributed by atoms with Gasteiger partial charge in [0, 0.05) is 38.3 Å². The first-order valence-corrected chi connectivity index (χ1v) is 6.74. The van der Waals surface area contributed by atoms with Crippen molar-refractivity contribution in [3.8, 4) is 0 Å². The largest absolute Gasteiger partial charge is 0.381 e. The third-order valence-electron chi connectivity index (χ3n) is 3.72. The van der Waals surface area contributed by atoms with Gasteiger partial charge in [-0.05, 0) is 37.6 Å². The summed E-state index contributed by atoms with van der Waals surface area (Å²) in [5.74, 6) is 0.584. The van der Waals surface area contributed by atoms with Gasteiger partial charge >= 0.3 is 0 Å². The standard InChI is InChI=1S/C15H24N2O/c1-16-15(13-7-5-9-18-11-13)12-6-4-8-14(10-12)17(2)3/h4,6,8,10,13,15-16H,5,7,9,11H2,1-3H3. The maximum atomic E-state index is 5.61. The molecule has 0 aliphatic carbocycles. The maximum absolute atomic E-state index is 5.61. The van der Waals surface area contributed by atoms with E-state index in [4.69, 9.17) is 4.74 Å². The summed E-state index contributed by atoms with van der Waals surface area (Å²) in [4.78, 5) is 2.15. The number of anilines is 1. The quantitative estimate of drug-likeness (QED) is 0.885. The monoisotopic (exact) mass is 248 g/mol. The highest BCUT2D eigenvalue weighted by Gasteiger charge is 2.24. The first kappa shape index (κ1) is 13.4. The minimum atomic E-state index is 0.394. The molecule has 1 N–H and O–H groups in total. The Morgan fingerprint density at radius 1 is 1.39 bits per heavy atom. The lowest BCUT2D eigenvalue weighted by Crippen LogP contribution is -2.31. The van der Waals surface area contributed by atoms with Crippen molar-refractivity contribution in [2.45, 2.75) is 18.9 Å².